The van der Waals surface area contributed by atoms with Crippen LogP contribution in [-0.4, -0.2) is 6.18 Å². The van der Waals surface area contributed by atoms with Crippen molar-refractivity contribution < 1.29 is 13.2 Å². The summed E-state index contributed by atoms with van der Waals surface area (Å²) < 4.78 is 36.5. The second kappa shape index (κ2) is 3.11. The lowest BCUT2D eigenvalue weighted by Crippen LogP contribution is -2.21. The fourth-order valence-corrected chi connectivity index (χ4v) is 1.42. The van der Waals surface area contributed by atoms with Crippen molar-refractivity contribution in [3.05, 3.63) is 11.6 Å². The van der Waals surface area contributed by atoms with Gasteiger partial charge in [0.15, 0.2) is 0 Å². The zero-order chi connectivity index (χ0) is 9.35. The lowest BCUT2D eigenvalue weighted by molar-refractivity contribution is -0.0971. The second-order valence-electron chi connectivity index (χ2n) is 3.62. The van der Waals surface area contributed by atoms with E-state index in [0.29, 0.717) is 12.3 Å². The first kappa shape index (κ1) is 9.62. The smallest absolute Gasteiger partial charge is 0.166 e. The lowest BCUT2D eigenvalue weighted by atomic mass is 9.82. The third kappa shape index (κ3) is 2.02. The van der Waals surface area contributed by atoms with Gasteiger partial charge < -0.3 is 0 Å². The molecule has 1 rings (SSSR count). The highest BCUT2D eigenvalue weighted by Crippen LogP contribution is 2.37. The van der Waals surface area contributed by atoms with Crippen LogP contribution >= 0.6 is 0 Å². The summed E-state index contributed by atoms with van der Waals surface area (Å²) in [6.07, 6.45) is -2.01. The quantitative estimate of drug-likeness (QED) is 0.498. The number of hydrogen-bond acceptors (Lipinski definition) is 0. The van der Waals surface area contributed by atoms with E-state index in [2.05, 4.69) is 0 Å². The maximum atomic E-state index is 12.2. The van der Waals surface area contributed by atoms with Gasteiger partial charge in [-0.3, -0.25) is 0 Å². The van der Waals surface area contributed by atoms with Crippen LogP contribution in [0.1, 0.15) is 26.7 Å². The zero-order valence-corrected chi connectivity index (χ0v) is 7.28. The minimum absolute atomic E-state index is 0.159. The Morgan fingerprint density at radius 1 is 1.25 bits per heavy atom. The van der Waals surface area contributed by atoms with E-state index in [1.165, 1.54) is 6.08 Å². The van der Waals surface area contributed by atoms with Gasteiger partial charge in [-0.1, -0.05) is 19.9 Å². The molecule has 0 nitrogen and oxygen atoms in total. The van der Waals surface area contributed by atoms with Crippen LogP contribution in [0.2, 0.25) is 0 Å². The maximum Gasteiger partial charge on any atom is 0.412 e. The first-order valence-electron chi connectivity index (χ1n) is 4.17. The molecule has 3 heteroatoms. The van der Waals surface area contributed by atoms with Crippen LogP contribution in [-0.2, 0) is 0 Å². The first-order valence-corrected chi connectivity index (χ1v) is 4.17. The van der Waals surface area contributed by atoms with Crippen molar-refractivity contribution >= 4 is 0 Å². The summed E-state index contributed by atoms with van der Waals surface area (Å²) in [5.41, 5.74) is -0.340. The topological polar surface area (TPSA) is 0 Å². The van der Waals surface area contributed by atoms with Crippen LogP contribution in [0.25, 0.3) is 0 Å². The van der Waals surface area contributed by atoms with Crippen molar-refractivity contribution in [3.63, 3.8) is 0 Å². The van der Waals surface area contributed by atoms with Crippen LogP contribution in [0.15, 0.2) is 11.6 Å². The van der Waals surface area contributed by atoms with Gasteiger partial charge in [0.1, 0.15) is 0 Å². The average molecular weight is 178 g/mol. The van der Waals surface area contributed by atoms with E-state index in [-0.39, 0.29) is 17.9 Å². The number of halogens is 3. The maximum absolute atomic E-state index is 12.2. The van der Waals surface area contributed by atoms with Crippen LogP contribution in [0.5, 0.6) is 0 Å². The monoisotopic (exact) mass is 178 g/mol. The molecule has 0 saturated carbocycles. The Bertz CT molecular complexity index is 190. The summed E-state index contributed by atoms with van der Waals surface area (Å²) in [7, 11) is 0. The minimum atomic E-state index is -4.10. The molecule has 70 valence electrons. The predicted octanol–water partition coefficient (Wildman–Crippen LogP) is 3.54. The lowest BCUT2D eigenvalue weighted by Gasteiger charge is -2.26. The van der Waals surface area contributed by atoms with Gasteiger partial charge in [0.2, 0.25) is 0 Å². The summed E-state index contributed by atoms with van der Waals surface area (Å²) >= 11 is 0. The number of hydrogen-bond donors (Lipinski definition) is 0. The average Bonchev–Trinajstić information content (AvgIpc) is 1.92. The van der Waals surface area contributed by atoms with Gasteiger partial charge in [-0.2, -0.15) is 13.2 Å². The normalized spacial score (nSPS) is 31.6. The van der Waals surface area contributed by atoms with Crippen molar-refractivity contribution in [2.24, 2.45) is 11.8 Å². The van der Waals surface area contributed by atoms with Crippen LogP contribution in [0.3, 0.4) is 0 Å². The molecule has 0 amide bonds. The Kier molecular flexibility index (Phi) is 2.49. The van der Waals surface area contributed by atoms with Gasteiger partial charge in [0.25, 0.3) is 0 Å². The molecule has 0 aromatic carbocycles. The summed E-state index contributed by atoms with van der Waals surface area (Å²) in [6, 6.07) is 0. The molecule has 0 saturated heterocycles. The van der Waals surface area contributed by atoms with Crippen molar-refractivity contribution in [2.45, 2.75) is 32.9 Å². The molecule has 0 spiro atoms. The van der Waals surface area contributed by atoms with Gasteiger partial charge in [-0.05, 0) is 24.7 Å². The molecule has 0 bridgehead atoms. The molecule has 0 N–H and O–H groups in total. The molecule has 1 aliphatic rings. The molecular weight excluding hydrogens is 165 g/mol. The van der Waals surface area contributed by atoms with Gasteiger partial charge in [0, 0.05) is 5.57 Å². The van der Waals surface area contributed by atoms with Crippen molar-refractivity contribution in [3.8, 4) is 0 Å². The van der Waals surface area contributed by atoms with Gasteiger partial charge in [-0.25, -0.2) is 0 Å². The van der Waals surface area contributed by atoms with Gasteiger partial charge >= 0.3 is 6.18 Å². The molecule has 12 heavy (non-hydrogen) atoms. The summed E-state index contributed by atoms with van der Waals surface area (Å²) in [6.45, 7) is 3.87. The highest BCUT2D eigenvalue weighted by atomic mass is 19.4. The molecule has 1 aliphatic carbocycles. The zero-order valence-electron chi connectivity index (χ0n) is 7.28. The van der Waals surface area contributed by atoms with Crippen molar-refractivity contribution in [1.29, 1.82) is 0 Å². The molecule has 0 aromatic heterocycles. The number of rotatable bonds is 0. The largest absolute Gasteiger partial charge is 0.412 e. The molecule has 0 heterocycles. The Balaban J connectivity index is 2.71. The summed E-state index contributed by atoms with van der Waals surface area (Å²) in [5.74, 6) is 0.544. The number of alkyl halides is 3. The van der Waals surface area contributed by atoms with Gasteiger partial charge in [-0.15, -0.1) is 0 Å². The Morgan fingerprint density at radius 2 is 1.83 bits per heavy atom. The molecule has 2 atom stereocenters. The van der Waals surface area contributed by atoms with E-state index in [0.717, 1.165) is 0 Å². The Morgan fingerprint density at radius 3 is 2.25 bits per heavy atom. The first-order chi connectivity index (χ1) is 5.41. The van der Waals surface area contributed by atoms with Gasteiger partial charge in [0.05, 0.1) is 0 Å². The second-order valence-corrected chi connectivity index (χ2v) is 3.62. The van der Waals surface area contributed by atoms with E-state index in [9.17, 15) is 13.2 Å². The highest BCUT2D eigenvalue weighted by Gasteiger charge is 2.36. The SMILES string of the molecule is CC1CC(C(F)(F)F)=CC[C@H]1C. The molecule has 0 aliphatic heterocycles. The molecular formula is C9H13F3. The Labute approximate surface area is 70.5 Å². The standard InChI is InChI=1S/C9H13F3/c1-6-3-4-8(5-7(6)2)9(10,11)12/h4,6-7H,3,5H2,1-2H3/t6-,7?/m1/s1. The molecule has 0 fully saturated rings. The molecule has 0 radical (unpaired) electrons. The Hall–Kier alpha value is -0.470. The van der Waals surface area contributed by atoms with E-state index >= 15 is 0 Å². The predicted molar refractivity (Wildman–Crippen MR) is 41.7 cm³/mol. The van der Waals surface area contributed by atoms with E-state index in [1.807, 2.05) is 13.8 Å². The van der Waals surface area contributed by atoms with Crippen LogP contribution in [0, 0.1) is 11.8 Å². The minimum Gasteiger partial charge on any atom is -0.166 e. The molecule has 0 aromatic rings. The third-order valence-corrected chi connectivity index (χ3v) is 2.61. The van der Waals surface area contributed by atoms with E-state index < -0.39 is 6.18 Å². The van der Waals surface area contributed by atoms with E-state index in [4.69, 9.17) is 0 Å². The van der Waals surface area contributed by atoms with Crippen LogP contribution in [0.4, 0.5) is 13.2 Å². The number of allylic oxidation sites excluding steroid dienone is 2. The van der Waals surface area contributed by atoms with Crippen molar-refractivity contribution in [2.75, 3.05) is 0 Å². The highest BCUT2D eigenvalue weighted by molar-refractivity contribution is 5.13. The fraction of sp³-hybridized carbons (Fsp3) is 0.778. The summed E-state index contributed by atoms with van der Waals surface area (Å²) in [4.78, 5) is 0. The van der Waals surface area contributed by atoms with E-state index in [1.54, 1.807) is 0 Å². The third-order valence-electron chi connectivity index (χ3n) is 2.61. The van der Waals surface area contributed by atoms with Crippen LogP contribution < -0.4 is 0 Å². The summed E-state index contributed by atoms with van der Waals surface area (Å²) in [5, 5.41) is 0. The van der Waals surface area contributed by atoms with Crippen molar-refractivity contribution in [1.82, 2.24) is 0 Å². The molecule has 1 unspecified atom stereocenters. The fourth-order valence-electron chi connectivity index (χ4n) is 1.42.